The summed E-state index contributed by atoms with van der Waals surface area (Å²) in [6.45, 7) is 2.20. The van der Waals surface area contributed by atoms with E-state index >= 15 is 0 Å². The molecule has 0 aliphatic rings. The molecule has 0 saturated heterocycles. The molecule has 6 nitrogen and oxygen atoms in total. The molecular weight excluding hydrogens is 439 g/mol. The van der Waals surface area contributed by atoms with Crippen LogP contribution in [0.25, 0.3) is 0 Å². The number of rotatable bonds is 6. The van der Waals surface area contributed by atoms with Gasteiger partial charge in [-0.15, -0.1) is 24.0 Å². The number of nitrogens with zero attached hydrogens (tertiary/aromatic N) is 2. The highest BCUT2D eigenvalue weighted by Crippen LogP contribution is 2.10. The number of sulfone groups is 1. The maximum absolute atomic E-state index is 11.4. The van der Waals surface area contributed by atoms with Crippen LogP contribution in [0.5, 0.6) is 0 Å². The van der Waals surface area contributed by atoms with Crippen LogP contribution in [0.3, 0.4) is 0 Å². The summed E-state index contributed by atoms with van der Waals surface area (Å²) in [5, 5.41) is 6.44. The van der Waals surface area contributed by atoms with Gasteiger partial charge >= 0.3 is 0 Å². The van der Waals surface area contributed by atoms with Gasteiger partial charge in [0.15, 0.2) is 15.8 Å². The molecule has 0 radical (unpaired) electrons. The number of guanidine groups is 1. The number of aliphatic imine (C=N–C) groups is 1. The van der Waals surface area contributed by atoms with Gasteiger partial charge in [-0.2, -0.15) is 0 Å². The minimum Gasteiger partial charge on any atom is -0.355 e. The highest BCUT2D eigenvalue weighted by atomic mass is 127. The third kappa shape index (κ3) is 6.52. The van der Waals surface area contributed by atoms with Crippen LogP contribution >= 0.6 is 24.0 Å². The summed E-state index contributed by atoms with van der Waals surface area (Å²) in [4.78, 5) is 4.50. The van der Waals surface area contributed by atoms with Gasteiger partial charge in [-0.3, -0.25) is 4.99 Å². The van der Waals surface area contributed by atoms with E-state index in [1.165, 1.54) is 6.26 Å². The molecule has 1 aromatic carbocycles. The molecule has 8 heteroatoms. The second kappa shape index (κ2) is 9.67. The molecule has 24 heavy (non-hydrogen) atoms. The summed E-state index contributed by atoms with van der Waals surface area (Å²) in [7, 11) is -1.43. The van der Waals surface area contributed by atoms with E-state index in [-0.39, 0.29) is 24.0 Å². The first kappa shape index (κ1) is 20.5. The predicted octanol–water partition coefficient (Wildman–Crippen LogP) is 1.87. The Morgan fingerprint density at radius 1 is 1.12 bits per heavy atom. The Hall–Kier alpha value is -1.55. The Morgan fingerprint density at radius 3 is 2.29 bits per heavy atom. The van der Waals surface area contributed by atoms with Gasteiger partial charge in [0.05, 0.1) is 4.90 Å². The second-order valence-corrected chi connectivity index (χ2v) is 7.21. The van der Waals surface area contributed by atoms with Crippen LogP contribution in [0.4, 0.5) is 0 Å². The lowest BCUT2D eigenvalue weighted by Gasteiger charge is -2.12. The van der Waals surface area contributed by atoms with E-state index in [0.29, 0.717) is 17.4 Å². The first-order valence-electron chi connectivity index (χ1n) is 7.33. The quantitative estimate of drug-likeness (QED) is 0.391. The van der Waals surface area contributed by atoms with Gasteiger partial charge in [-0.05, 0) is 29.8 Å². The highest BCUT2D eigenvalue weighted by molar-refractivity contribution is 14.0. The molecule has 132 valence electrons. The number of halogens is 1. The fourth-order valence-electron chi connectivity index (χ4n) is 2.08. The number of hydrogen-bond donors (Lipinski definition) is 2. The standard InChI is InChI=1S/C16H22N4O2S.HI/c1-17-16(18-9-12-20-10-3-4-11-20)19-13-14-5-7-15(8-6-14)23(2,21)22;/h3-8,10-11H,9,12-13H2,1-2H3,(H2,17,18,19);1H. The summed E-state index contributed by atoms with van der Waals surface area (Å²) in [6, 6.07) is 10.8. The SMILES string of the molecule is CN=C(NCCn1cccc1)NCc1ccc(S(C)(=O)=O)cc1.I. The molecule has 0 amide bonds. The molecule has 2 rings (SSSR count). The van der Waals surface area contributed by atoms with Gasteiger partial charge in [0.25, 0.3) is 0 Å². The van der Waals surface area contributed by atoms with E-state index < -0.39 is 9.84 Å². The van der Waals surface area contributed by atoms with Crippen molar-refractivity contribution in [1.29, 1.82) is 0 Å². The van der Waals surface area contributed by atoms with Crippen molar-refractivity contribution >= 4 is 39.8 Å². The lowest BCUT2D eigenvalue weighted by atomic mass is 10.2. The van der Waals surface area contributed by atoms with Crippen molar-refractivity contribution in [2.45, 2.75) is 18.0 Å². The molecule has 0 atom stereocenters. The molecule has 1 aromatic heterocycles. The smallest absolute Gasteiger partial charge is 0.191 e. The van der Waals surface area contributed by atoms with Crippen molar-refractivity contribution in [2.75, 3.05) is 19.8 Å². The fourth-order valence-corrected chi connectivity index (χ4v) is 2.71. The molecule has 2 N–H and O–H groups in total. The lowest BCUT2D eigenvalue weighted by Crippen LogP contribution is -2.38. The molecule has 1 heterocycles. The summed E-state index contributed by atoms with van der Waals surface area (Å²) in [5.74, 6) is 0.712. The van der Waals surface area contributed by atoms with Crippen LogP contribution < -0.4 is 10.6 Å². The summed E-state index contributed by atoms with van der Waals surface area (Å²) >= 11 is 0. The van der Waals surface area contributed by atoms with Gasteiger partial charge in [0, 0.05) is 45.3 Å². The topological polar surface area (TPSA) is 75.5 Å². The second-order valence-electron chi connectivity index (χ2n) is 5.19. The van der Waals surface area contributed by atoms with Crippen LogP contribution in [-0.4, -0.2) is 38.8 Å². The van der Waals surface area contributed by atoms with E-state index in [1.807, 2.05) is 24.5 Å². The first-order chi connectivity index (χ1) is 11.0. The minimum atomic E-state index is -3.15. The zero-order valence-electron chi connectivity index (χ0n) is 13.8. The zero-order valence-corrected chi connectivity index (χ0v) is 16.9. The monoisotopic (exact) mass is 462 g/mol. The van der Waals surface area contributed by atoms with Gasteiger partial charge in [-0.25, -0.2) is 8.42 Å². The Bertz CT molecular complexity index is 741. The summed E-state index contributed by atoms with van der Waals surface area (Å²) < 4.78 is 24.9. The van der Waals surface area contributed by atoms with Crippen LogP contribution in [0, 0.1) is 0 Å². The molecule has 0 aliphatic heterocycles. The van der Waals surface area contributed by atoms with E-state index in [9.17, 15) is 8.42 Å². The number of nitrogens with one attached hydrogen (secondary N) is 2. The van der Waals surface area contributed by atoms with Crippen molar-refractivity contribution in [3.05, 3.63) is 54.4 Å². The van der Waals surface area contributed by atoms with Crippen molar-refractivity contribution in [3.63, 3.8) is 0 Å². The van der Waals surface area contributed by atoms with Gasteiger partial charge in [0.1, 0.15) is 0 Å². The van der Waals surface area contributed by atoms with Crippen LogP contribution in [0.2, 0.25) is 0 Å². The number of hydrogen-bond acceptors (Lipinski definition) is 3. The molecule has 2 aromatic rings. The Morgan fingerprint density at radius 2 is 1.75 bits per heavy atom. The maximum atomic E-state index is 11.4. The Balaban J connectivity index is 0.00000288. The van der Waals surface area contributed by atoms with Gasteiger partial charge in [0.2, 0.25) is 0 Å². The van der Waals surface area contributed by atoms with E-state index in [4.69, 9.17) is 0 Å². The van der Waals surface area contributed by atoms with Crippen molar-refractivity contribution < 1.29 is 8.42 Å². The van der Waals surface area contributed by atoms with Crippen molar-refractivity contribution in [3.8, 4) is 0 Å². The predicted molar refractivity (Wildman–Crippen MR) is 108 cm³/mol. The van der Waals surface area contributed by atoms with E-state index in [2.05, 4.69) is 20.2 Å². The van der Waals surface area contributed by atoms with Crippen LogP contribution in [0.15, 0.2) is 58.7 Å². The Kier molecular flexibility index (Phi) is 8.26. The molecule has 0 aliphatic carbocycles. The average molecular weight is 462 g/mol. The molecule has 0 bridgehead atoms. The molecule has 0 spiro atoms. The molecule has 0 fully saturated rings. The molecule has 0 saturated carbocycles. The van der Waals surface area contributed by atoms with E-state index in [1.54, 1.807) is 31.3 Å². The first-order valence-corrected chi connectivity index (χ1v) is 9.22. The zero-order chi connectivity index (χ0) is 16.7. The highest BCUT2D eigenvalue weighted by Gasteiger charge is 2.06. The van der Waals surface area contributed by atoms with Crippen LogP contribution in [0.1, 0.15) is 5.56 Å². The average Bonchev–Trinajstić information content (AvgIpc) is 3.03. The number of aromatic nitrogens is 1. The van der Waals surface area contributed by atoms with Crippen LogP contribution in [-0.2, 0) is 22.9 Å². The van der Waals surface area contributed by atoms with Crippen molar-refractivity contribution in [1.82, 2.24) is 15.2 Å². The Labute approximate surface area is 160 Å². The summed E-state index contributed by atoms with van der Waals surface area (Å²) in [5.41, 5.74) is 0.991. The number of benzene rings is 1. The third-order valence-electron chi connectivity index (χ3n) is 3.36. The van der Waals surface area contributed by atoms with E-state index in [0.717, 1.165) is 18.7 Å². The third-order valence-corrected chi connectivity index (χ3v) is 4.49. The fraction of sp³-hybridized carbons (Fsp3) is 0.312. The van der Waals surface area contributed by atoms with Gasteiger partial charge < -0.3 is 15.2 Å². The minimum absolute atomic E-state index is 0. The van der Waals surface area contributed by atoms with Gasteiger partial charge in [-0.1, -0.05) is 12.1 Å². The normalized spacial score (nSPS) is 11.7. The lowest BCUT2D eigenvalue weighted by molar-refractivity contribution is 0.602. The van der Waals surface area contributed by atoms with Crippen molar-refractivity contribution in [2.24, 2.45) is 4.99 Å². The molecular formula is C16H23IN4O2S. The summed E-state index contributed by atoms with van der Waals surface area (Å²) in [6.07, 6.45) is 5.24. The molecule has 0 unspecified atom stereocenters. The maximum Gasteiger partial charge on any atom is 0.191 e. The largest absolute Gasteiger partial charge is 0.355 e.